The molecule has 0 saturated carbocycles. The molecule has 1 saturated heterocycles. The average molecular weight is 273 g/mol. The first-order valence-electron chi connectivity index (χ1n) is 5.01. The third kappa shape index (κ3) is 1.91. The van der Waals surface area contributed by atoms with Gasteiger partial charge in [0.05, 0.1) is 0 Å². The van der Waals surface area contributed by atoms with Crippen molar-refractivity contribution in [2.45, 2.75) is 11.4 Å². The van der Waals surface area contributed by atoms with E-state index in [1.165, 1.54) is 11.8 Å². The molecule has 9 heteroatoms. The number of nitrogens with two attached hydrogens (primary N) is 2. The topological polar surface area (TPSA) is 136 Å². The highest BCUT2D eigenvalue weighted by molar-refractivity contribution is 8.00. The van der Waals surface area contributed by atoms with Crippen molar-refractivity contribution in [1.29, 1.82) is 0 Å². The minimum Gasteiger partial charge on any atom is -0.477 e. The Labute approximate surface area is 106 Å². The molecule has 18 heavy (non-hydrogen) atoms. The number of nitrogens with zero attached hydrogens (tertiary/aromatic N) is 1. The van der Waals surface area contributed by atoms with Crippen molar-refractivity contribution in [3.05, 3.63) is 11.3 Å². The van der Waals surface area contributed by atoms with Gasteiger partial charge < -0.3 is 21.3 Å². The van der Waals surface area contributed by atoms with E-state index in [1.54, 1.807) is 0 Å². The van der Waals surface area contributed by atoms with Gasteiger partial charge in [-0.15, -0.1) is 11.8 Å². The molecule has 2 atom stereocenters. The van der Waals surface area contributed by atoms with Gasteiger partial charge in [-0.1, -0.05) is 0 Å². The largest absolute Gasteiger partial charge is 0.477 e. The Kier molecular flexibility index (Phi) is 3.18. The number of hydrogen-bond acceptors (Lipinski definition) is 6. The molecule has 0 aliphatic carbocycles. The number of β-lactam (4-membered cyclic amide) rings is 1. The lowest BCUT2D eigenvalue weighted by Crippen LogP contribution is -2.68. The SMILES string of the molecule is NC(=O)OCC1=C(C(=O)O)N2C(=O)[C@H](N)[C@@H]2SC1. The van der Waals surface area contributed by atoms with Crippen LogP contribution in [0.2, 0.25) is 0 Å². The minimum atomic E-state index is -1.25. The second-order valence-corrected chi connectivity index (χ2v) is 4.91. The monoisotopic (exact) mass is 273 g/mol. The van der Waals surface area contributed by atoms with Crippen LogP contribution in [-0.2, 0) is 14.3 Å². The number of fused-ring (bicyclic) bond motifs is 1. The van der Waals surface area contributed by atoms with Gasteiger partial charge >= 0.3 is 12.1 Å². The van der Waals surface area contributed by atoms with Gasteiger partial charge in [0, 0.05) is 11.3 Å². The number of hydrogen-bond donors (Lipinski definition) is 3. The van der Waals surface area contributed by atoms with E-state index in [1.807, 2.05) is 0 Å². The van der Waals surface area contributed by atoms with Crippen molar-refractivity contribution < 1.29 is 24.2 Å². The lowest BCUT2D eigenvalue weighted by molar-refractivity contribution is -0.148. The quantitative estimate of drug-likeness (QED) is 0.541. The lowest BCUT2D eigenvalue weighted by Gasteiger charge is -2.47. The molecule has 2 amide bonds. The van der Waals surface area contributed by atoms with E-state index in [-0.39, 0.29) is 17.7 Å². The number of carboxylic acid groups (broad SMARTS) is 1. The number of primary amides is 1. The van der Waals surface area contributed by atoms with Gasteiger partial charge in [0.15, 0.2) is 0 Å². The number of carboxylic acids is 1. The number of carbonyl (C=O) groups excluding carboxylic acids is 2. The van der Waals surface area contributed by atoms with Crippen LogP contribution in [0.3, 0.4) is 0 Å². The first-order chi connectivity index (χ1) is 8.43. The summed E-state index contributed by atoms with van der Waals surface area (Å²) >= 11 is 1.33. The van der Waals surface area contributed by atoms with Crippen LogP contribution in [0.4, 0.5) is 4.79 Å². The van der Waals surface area contributed by atoms with E-state index in [4.69, 9.17) is 16.6 Å². The standard InChI is InChI=1S/C9H11N3O5S/c10-4-6(13)12-5(8(14)15)3(1-17-9(11)16)2-18-7(4)12/h4,7H,1-2,10H2,(H2,11,16)(H,14,15)/t4-,7-/m0/s1. The fraction of sp³-hybridized carbons (Fsp3) is 0.444. The molecular weight excluding hydrogens is 262 g/mol. The maximum absolute atomic E-state index is 11.6. The van der Waals surface area contributed by atoms with Gasteiger partial charge in [-0.05, 0) is 0 Å². The van der Waals surface area contributed by atoms with Crippen LogP contribution >= 0.6 is 11.8 Å². The van der Waals surface area contributed by atoms with Gasteiger partial charge in [0.25, 0.3) is 0 Å². The molecule has 0 bridgehead atoms. The van der Waals surface area contributed by atoms with E-state index in [0.29, 0.717) is 11.3 Å². The number of ether oxygens (including phenoxy) is 1. The fourth-order valence-corrected chi connectivity index (χ4v) is 3.12. The number of aliphatic carboxylic acids is 1. The van der Waals surface area contributed by atoms with Crippen LogP contribution in [0, 0.1) is 0 Å². The molecule has 0 aromatic carbocycles. The summed E-state index contributed by atoms with van der Waals surface area (Å²) in [5, 5.41) is 8.77. The second kappa shape index (κ2) is 4.50. The Morgan fingerprint density at radius 2 is 2.22 bits per heavy atom. The number of carbonyl (C=O) groups is 3. The number of amides is 2. The Morgan fingerprint density at radius 1 is 1.56 bits per heavy atom. The first kappa shape index (κ1) is 12.7. The molecular formula is C9H11N3O5S. The molecule has 2 heterocycles. The summed E-state index contributed by atoms with van der Waals surface area (Å²) in [5.41, 5.74) is 10.6. The highest BCUT2D eigenvalue weighted by Crippen LogP contribution is 2.39. The van der Waals surface area contributed by atoms with Gasteiger partial charge in [0.2, 0.25) is 5.91 Å². The molecule has 1 fully saturated rings. The minimum absolute atomic E-state index is 0.160. The zero-order valence-corrected chi connectivity index (χ0v) is 9.98. The van der Waals surface area contributed by atoms with Crippen molar-refractivity contribution in [2.75, 3.05) is 12.4 Å². The molecule has 98 valence electrons. The average Bonchev–Trinajstić information content (AvgIpc) is 2.33. The molecule has 2 aliphatic rings. The van der Waals surface area contributed by atoms with Gasteiger partial charge in [-0.3, -0.25) is 9.69 Å². The van der Waals surface area contributed by atoms with Crippen molar-refractivity contribution in [3.8, 4) is 0 Å². The smallest absolute Gasteiger partial charge is 0.404 e. The predicted octanol–water partition coefficient (Wildman–Crippen LogP) is -1.34. The molecule has 2 aliphatic heterocycles. The molecule has 0 aromatic heterocycles. The highest BCUT2D eigenvalue weighted by Gasteiger charge is 2.51. The Morgan fingerprint density at radius 3 is 2.78 bits per heavy atom. The van der Waals surface area contributed by atoms with Gasteiger partial charge in [-0.25, -0.2) is 9.59 Å². The van der Waals surface area contributed by atoms with E-state index in [0.717, 1.165) is 4.90 Å². The maximum Gasteiger partial charge on any atom is 0.404 e. The lowest BCUT2D eigenvalue weighted by atomic mass is 10.0. The number of rotatable bonds is 3. The van der Waals surface area contributed by atoms with Crippen LogP contribution < -0.4 is 11.5 Å². The zero-order chi connectivity index (χ0) is 13.4. The molecule has 5 N–H and O–H groups in total. The van der Waals surface area contributed by atoms with Gasteiger partial charge in [-0.2, -0.15) is 0 Å². The highest BCUT2D eigenvalue weighted by atomic mass is 32.2. The Hall–Kier alpha value is -1.74. The fourth-order valence-electron chi connectivity index (χ4n) is 1.85. The van der Waals surface area contributed by atoms with E-state index < -0.39 is 24.0 Å². The van der Waals surface area contributed by atoms with E-state index in [9.17, 15) is 14.4 Å². The Bertz CT molecular complexity index is 463. The molecule has 0 unspecified atom stereocenters. The summed E-state index contributed by atoms with van der Waals surface area (Å²) < 4.78 is 4.57. The summed E-state index contributed by atoms with van der Waals surface area (Å²) in [5.74, 6) is -1.36. The second-order valence-electron chi connectivity index (χ2n) is 3.80. The molecule has 2 rings (SSSR count). The Balaban J connectivity index is 2.26. The predicted molar refractivity (Wildman–Crippen MR) is 61.3 cm³/mol. The van der Waals surface area contributed by atoms with Crippen LogP contribution in [0.1, 0.15) is 0 Å². The van der Waals surface area contributed by atoms with Gasteiger partial charge in [0.1, 0.15) is 23.7 Å². The summed E-state index contributed by atoms with van der Waals surface area (Å²) in [6.45, 7) is -0.240. The summed E-state index contributed by atoms with van der Waals surface area (Å²) in [6, 6.07) is -0.678. The third-order valence-electron chi connectivity index (χ3n) is 2.68. The van der Waals surface area contributed by atoms with Crippen LogP contribution in [0.5, 0.6) is 0 Å². The summed E-state index contributed by atoms with van der Waals surface area (Å²) in [6.07, 6.45) is -0.994. The molecule has 0 spiro atoms. The molecule has 0 aromatic rings. The number of thioether (sulfide) groups is 1. The molecule has 0 radical (unpaired) electrons. The molecule has 8 nitrogen and oxygen atoms in total. The van der Waals surface area contributed by atoms with Crippen LogP contribution in [0.25, 0.3) is 0 Å². The van der Waals surface area contributed by atoms with Crippen molar-refractivity contribution >= 4 is 29.7 Å². The van der Waals surface area contributed by atoms with Crippen LogP contribution in [-0.4, -0.2) is 51.8 Å². The third-order valence-corrected chi connectivity index (χ3v) is 4.04. The normalized spacial score (nSPS) is 26.5. The van der Waals surface area contributed by atoms with Crippen LogP contribution in [0.15, 0.2) is 11.3 Å². The summed E-state index contributed by atoms with van der Waals surface area (Å²) in [7, 11) is 0. The first-order valence-corrected chi connectivity index (χ1v) is 6.06. The van der Waals surface area contributed by atoms with Crippen molar-refractivity contribution in [1.82, 2.24) is 4.90 Å². The van der Waals surface area contributed by atoms with Crippen molar-refractivity contribution in [3.63, 3.8) is 0 Å². The van der Waals surface area contributed by atoms with Crippen molar-refractivity contribution in [2.24, 2.45) is 11.5 Å². The summed E-state index contributed by atoms with van der Waals surface area (Å²) in [4.78, 5) is 34.4. The maximum atomic E-state index is 11.6. The van der Waals surface area contributed by atoms with E-state index >= 15 is 0 Å². The zero-order valence-electron chi connectivity index (χ0n) is 9.16. The van der Waals surface area contributed by atoms with E-state index in [2.05, 4.69) is 4.74 Å².